The number of rotatable bonds is 2. The molecular formula is C13H8BrFN2O2S. The second-order valence-electron chi connectivity index (χ2n) is 4.22. The van der Waals surface area contributed by atoms with Gasteiger partial charge in [0.05, 0.1) is 5.69 Å². The molecule has 0 spiro atoms. The van der Waals surface area contributed by atoms with Crippen LogP contribution in [0.2, 0.25) is 0 Å². The predicted octanol–water partition coefficient (Wildman–Crippen LogP) is 3.97. The van der Waals surface area contributed by atoms with E-state index < -0.39 is 5.97 Å². The first-order chi connectivity index (χ1) is 9.47. The summed E-state index contributed by atoms with van der Waals surface area (Å²) in [7, 11) is 0. The third kappa shape index (κ3) is 2.03. The number of carboxylic acids is 1. The van der Waals surface area contributed by atoms with Gasteiger partial charge in [0, 0.05) is 21.9 Å². The summed E-state index contributed by atoms with van der Waals surface area (Å²) in [5.74, 6) is -1.28. The Labute approximate surface area is 125 Å². The van der Waals surface area contributed by atoms with Crippen LogP contribution >= 0.6 is 27.3 Å². The Morgan fingerprint density at radius 1 is 1.50 bits per heavy atom. The Morgan fingerprint density at radius 2 is 2.25 bits per heavy atom. The summed E-state index contributed by atoms with van der Waals surface area (Å²) in [6, 6.07) is 4.38. The number of fused-ring (bicyclic) bond motifs is 1. The molecule has 3 aromatic rings. The van der Waals surface area contributed by atoms with Crippen molar-refractivity contribution in [3.05, 3.63) is 45.3 Å². The highest BCUT2D eigenvalue weighted by atomic mass is 79.9. The van der Waals surface area contributed by atoms with E-state index in [1.807, 2.05) is 0 Å². The Morgan fingerprint density at radius 3 is 2.85 bits per heavy atom. The number of nitrogens with zero attached hydrogens (tertiary/aromatic N) is 2. The number of aromatic carboxylic acids is 1. The fourth-order valence-electron chi connectivity index (χ4n) is 1.98. The maximum absolute atomic E-state index is 13.1. The molecule has 7 heteroatoms. The van der Waals surface area contributed by atoms with Crippen molar-refractivity contribution in [2.75, 3.05) is 0 Å². The molecule has 102 valence electrons. The van der Waals surface area contributed by atoms with Gasteiger partial charge in [0.25, 0.3) is 0 Å². The van der Waals surface area contributed by atoms with Gasteiger partial charge in [-0.15, -0.1) is 0 Å². The average Bonchev–Trinajstić information content (AvgIpc) is 2.89. The zero-order valence-corrected chi connectivity index (χ0v) is 12.6. The van der Waals surface area contributed by atoms with E-state index >= 15 is 0 Å². The summed E-state index contributed by atoms with van der Waals surface area (Å²) >= 11 is 4.43. The monoisotopic (exact) mass is 354 g/mol. The smallest absolute Gasteiger partial charge is 0.347 e. The molecule has 0 aliphatic heterocycles. The van der Waals surface area contributed by atoms with Crippen LogP contribution in [0.25, 0.3) is 16.2 Å². The van der Waals surface area contributed by atoms with Gasteiger partial charge in [-0.25, -0.2) is 14.2 Å². The SMILES string of the molecule is Cc1c(C(=O)O)sc2nc(-c3ccc(F)cc3Br)cn12. The summed E-state index contributed by atoms with van der Waals surface area (Å²) in [6.45, 7) is 1.73. The lowest BCUT2D eigenvalue weighted by Crippen LogP contribution is -1.96. The summed E-state index contributed by atoms with van der Waals surface area (Å²) in [6.07, 6.45) is 1.76. The third-order valence-corrected chi connectivity index (χ3v) is 4.76. The van der Waals surface area contributed by atoms with E-state index in [9.17, 15) is 9.18 Å². The number of carboxylic acid groups (broad SMARTS) is 1. The number of halogens is 2. The number of benzene rings is 1. The van der Waals surface area contributed by atoms with Gasteiger partial charge in [-0.05, 0) is 41.1 Å². The van der Waals surface area contributed by atoms with Crippen molar-refractivity contribution in [3.63, 3.8) is 0 Å². The van der Waals surface area contributed by atoms with Gasteiger partial charge in [-0.1, -0.05) is 11.3 Å². The van der Waals surface area contributed by atoms with Crippen molar-refractivity contribution in [2.45, 2.75) is 6.92 Å². The molecule has 0 atom stereocenters. The number of aryl methyl sites for hydroxylation is 1. The summed E-state index contributed by atoms with van der Waals surface area (Å²) in [5, 5.41) is 9.07. The molecule has 0 amide bonds. The van der Waals surface area contributed by atoms with Gasteiger partial charge in [-0.2, -0.15) is 0 Å². The molecule has 1 N–H and O–H groups in total. The number of hydrogen-bond donors (Lipinski definition) is 1. The highest BCUT2D eigenvalue weighted by molar-refractivity contribution is 9.10. The molecule has 0 saturated heterocycles. The summed E-state index contributed by atoms with van der Waals surface area (Å²) in [5.41, 5.74) is 2.07. The minimum absolute atomic E-state index is 0.275. The van der Waals surface area contributed by atoms with Crippen molar-refractivity contribution in [1.82, 2.24) is 9.38 Å². The number of thiazole rings is 1. The van der Waals surface area contributed by atoms with Crippen molar-refractivity contribution in [3.8, 4) is 11.3 Å². The van der Waals surface area contributed by atoms with Gasteiger partial charge in [0.1, 0.15) is 10.7 Å². The molecule has 0 saturated carbocycles. The van der Waals surface area contributed by atoms with Crippen LogP contribution in [-0.4, -0.2) is 20.5 Å². The second-order valence-corrected chi connectivity index (χ2v) is 6.06. The van der Waals surface area contributed by atoms with Crippen molar-refractivity contribution in [1.29, 1.82) is 0 Å². The summed E-state index contributed by atoms with van der Waals surface area (Å²) < 4.78 is 15.4. The number of carbonyl (C=O) groups is 1. The van der Waals surface area contributed by atoms with Crippen LogP contribution in [0.15, 0.2) is 28.9 Å². The van der Waals surface area contributed by atoms with Gasteiger partial charge in [0.2, 0.25) is 0 Å². The fraction of sp³-hybridized carbons (Fsp3) is 0.0769. The molecule has 0 radical (unpaired) electrons. The van der Waals surface area contributed by atoms with Crippen LogP contribution in [0.5, 0.6) is 0 Å². The van der Waals surface area contributed by atoms with Crippen molar-refractivity contribution >= 4 is 38.2 Å². The fourth-order valence-corrected chi connectivity index (χ4v) is 3.48. The third-order valence-electron chi connectivity index (χ3n) is 2.96. The molecule has 0 aliphatic rings. The van der Waals surface area contributed by atoms with Crippen molar-refractivity contribution < 1.29 is 14.3 Å². The normalized spacial score (nSPS) is 11.2. The Balaban J connectivity index is 2.17. The first-order valence-corrected chi connectivity index (χ1v) is 7.25. The van der Waals surface area contributed by atoms with Crippen LogP contribution in [0, 0.1) is 12.7 Å². The van der Waals surface area contributed by atoms with Gasteiger partial charge in [-0.3, -0.25) is 4.40 Å². The predicted molar refractivity (Wildman–Crippen MR) is 77.9 cm³/mol. The minimum atomic E-state index is -0.956. The zero-order chi connectivity index (χ0) is 14.4. The van der Waals surface area contributed by atoms with Crippen LogP contribution in [0.3, 0.4) is 0 Å². The topological polar surface area (TPSA) is 54.6 Å². The van der Waals surface area contributed by atoms with E-state index in [4.69, 9.17) is 5.11 Å². The summed E-state index contributed by atoms with van der Waals surface area (Å²) in [4.78, 5) is 16.3. The largest absolute Gasteiger partial charge is 0.477 e. The van der Waals surface area contributed by atoms with E-state index in [1.54, 1.807) is 23.6 Å². The van der Waals surface area contributed by atoms with Gasteiger partial charge in [0.15, 0.2) is 4.96 Å². The molecule has 0 bridgehead atoms. The Bertz CT molecular complexity index is 840. The average molecular weight is 355 g/mol. The van der Waals surface area contributed by atoms with E-state index in [0.29, 0.717) is 20.8 Å². The van der Waals surface area contributed by atoms with E-state index in [1.165, 1.54) is 12.1 Å². The molecule has 0 unspecified atom stereocenters. The second kappa shape index (κ2) is 4.68. The molecule has 3 rings (SSSR count). The zero-order valence-electron chi connectivity index (χ0n) is 10.2. The highest BCUT2D eigenvalue weighted by Gasteiger charge is 2.17. The number of hydrogen-bond acceptors (Lipinski definition) is 3. The standard InChI is InChI=1S/C13H8BrFN2O2S/c1-6-11(12(18)19)20-13-16-10(5-17(6)13)8-3-2-7(15)4-9(8)14/h2-5H,1H3,(H,18,19). The highest BCUT2D eigenvalue weighted by Crippen LogP contribution is 2.31. The van der Waals surface area contributed by atoms with Crippen LogP contribution in [-0.2, 0) is 0 Å². The molecule has 20 heavy (non-hydrogen) atoms. The van der Waals surface area contributed by atoms with Crippen molar-refractivity contribution in [2.24, 2.45) is 0 Å². The first kappa shape index (κ1) is 13.3. The Hall–Kier alpha value is -1.73. The van der Waals surface area contributed by atoms with Gasteiger partial charge >= 0.3 is 5.97 Å². The quantitative estimate of drug-likeness (QED) is 0.757. The minimum Gasteiger partial charge on any atom is -0.477 e. The van der Waals surface area contributed by atoms with Crippen LogP contribution in [0.4, 0.5) is 4.39 Å². The maximum Gasteiger partial charge on any atom is 0.347 e. The lowest BCUT2D eigenvalue weighted by atomic mass is 10.2. The van der Waals surface area contributed by atoms with Gasteiger partial charge < -0.3 is 5.11 Å². The molecule has 4 nitrogen and oxygen atoms in total. The molecule has 0 fully saturated rings. The van der Waals surface area contributed by atoms with Crippen LogP contribution < -0.4 is 0 Å². The lowest BCUT2D eigenvalue weighted by molar-refractivity contribution is 0.0701. The molecule has 0 aliphatic carbocycles. The van der Waals surface area contributed by atoms with E-state index in [0.717, 1.165) is 16.9 Å². The molecule has 2 heterocycles. The lowest BCUT2D eigenvalue weighted by Gasteiger charge is -2.00. The molecule has 2 aromatic heterocycles. The van der Waals surface area contributed by atoms with E-state index in [2.05, 4.69) is 20.9 Å². The van der Waals surface area contributed by atoms with Crippen LogP contribution in [0.1, 0.15) is 15.4 Å². The van der Waals surface area contributed by atoms with E-state index in [-0.39, 0.29) is 10.7 Å². The molecule has 1 aromatic carbocycles. The first-order valence-electron chi connectivity index (χ1n) is 5.64. The molecular weight excluding hydrogens is 347 g/mol. The number of aromatic nitrogens is 2. The number of imidazole rings is 1. The Kier molecular flexibility index (Phi) is 3.10. The maximum atomic E-state index is 13.1.